The first kappa shape index (κ1) is 18.6. The minimum absolute atomic E-state index is 0.00940. The molecular formula is C22H18ClN5O2. The van der Waals surface area contributed by atoms with Crippen LogP contribution in [0.5, 0.6) is 5.75 Å². The Kier molecular flexibility index (Phi) is 4.80. The zero-order valence-corrected chi connectivity index (χ0v) is 16.7. The zero-order chi connectivity index (χ0) is 20.5. The molecule has 7 nitrogen and oxygen atoms in total. The number of ether oxygens (including phenoxy) is 1. The van der Waals surface area contributed by atoms with Crippen LogP contribution in [0.15, 0.2) is 60.9 Å². The fraction of sp³-hybridized carbons (Fsp3) is 0.182. The van der Waals surface area contributed by atoms with Crippen molar-refractivity contribution in [3.63, 3.8) is 0 Å². The van der Waals surface area contributed by atoms with Crippen LogP contribution in [-0.4, -0.2) is 25.5 Å². The fourth-order valence-corrected chi connectivity index (χ4v) is 3.24. The molecule has 5 rings (SSSR count). The molecule has 8 heteroatoms. The molecule has 1 aliphatic rings. The number of benzene rings is 1. The summed E-state index contributed by atoms with van der Waals surface area (Å²) in [5, 5.41) is 7.63. The second-order valence-corrected chi connectivity index (χ2v) is 7.58. The number of anilines is 1. The highest BCUT2D eigenvalue weighted by Crippen LogP contribution is 2.30. The first-order valence-electron chi connectivity index (χ1n) is 9.66. The lowest BCUT2D eigenvalue weighted by atomic mass is 10.1. The summed E-state index contributed by atoms with van der Waals surface area (Å²) in [5.74, 6) is 1.17. The van der Waals surface area contributed by atoms with Crippen molar-refractivity contribution in [2.75, 3.05) is 5.32 Å². The highest BCUT2D eigenvalue weighted by atomic mass is 35.5. The third-order valence-electron chi connectivity index (χ3n) is 4.90. The summed E-state index contributed by atoms with van der Waals surface area (Å²) in [6.07, 6.45) is 5.39. The van der Waals surface area contributed by atoms with Crippen molar-refractivity contribution in [3.05, 3.63) is 71.6 Å². The van der Waals surface area contributed by atoms with E-state index >= 15 is 0 Å². The van der Waals surface area contributed by atoms with Crippen LogP contribution in [0.3, 0.4) is 0 Å². The molecule has 0 atom stereocenters. The SMILES string of the molecule is O=C(Nc1nc2c(-c3ccc(OCc4ccc(Cl)nc4)cc3)cccn2n1)C1CC1. The molecule has 1 aromatic carbocycles. The number of aromatic nitrogens is 4. The second-order valence-electron chi connectivity index (χ2n) is 7.19. The lowest BCUT2D eigenvalue weighted by molar-refractivity contribution is -0.117. The van der Waals surface area contributed by atoms with Gasteiger partial charge in [-0.3, -0.25) is 10.1 Å². The maximum absolute atomic E-state index is 12.0. The molecule has 0 aliphatic heterocycles. The van der Waals surface area contributed by atoms with Crippen molar-refractivity contribution in [2.24, 2.45) is 5.92 Å². The molecule has 0 bridgehead atoms. The van der Waals surface area contributed by atoms with Crippen LogP contribution in [0.2, 0.25) is 5.15 Å². The van der Waals surface area contributed by atoms with Crippen molar-refractivity contribution in [3.8, 4) is 16.9 Å². The molecule has 4 aromatic rings. The van der Waals surface area contributed by atoms with Crippen molar-refractivity contribution in [1.29, 1.82) is 0 Å². The Morgan fingerprint density at radius 3 is 2.73 bits per heavy atom. The second kappa shape index (κ2) is 7.76. The molecule has 1 N–H and O–H groups in total. The van der Waals surface area contributed by atoms with E-state index in [-0.39, 0.29) is 11.8 Å². The van der Waals surface area contributed by atoms with Crippen LogP contribution < -0.4 is 10.1 Å². The van der Waals surface area contributed by atoms with Crippen molar-refractivity contribution >= 4 is 29.1 Å². The van der Waals surface area contributed by atoms with E-state index in [1.54, 1.807) is 16.8 Å². The average Bonchev–Trinajstić information content (AvgIpc) is 3.54. The first-order valence-corrected chi connectivity index (χ1v) is 10.0. The van der Waals surface area contributed by atoms with Crippen LogP contribution in [0, 0.1) is 5.92 Å². The van der Waals surface area contributed by atoms with Crippen LogP contribution >= 0.6 is 11.6 Å². The summed E-state index contributed by atoms with van der Waals surface area (Å²) < 4.78 is 7.50. The number of hydrogen-bond donors (Lipinski definition) is 1. The minimum Gasteiger partial charge on any atom is -0.489 e. The van der Waals surface area contributed by atoms with Gasteiger partial charge < -0.3 is 4.74 Å². The van der Waals surface area contributed by atoms with E-state index < -0.39 is 0 Å². The molecule has 1 fully saturated rings. The Labute approximate surface area is 177 Å². The lowest BCUT2D eigenvalue weighted by Gasteiger charge is -2.08. The summed E-state index contributed by atoms with van der Waals surface area (Å²) in [7, 11) is 0. The minimum atomic E-state index is -0.00940. The Balaban J connectivity index is 1.33. The summed E-state index contributed by atoms with van der Waals surface area (Å²) in [5.41, 5.74) is 3.53. The van der Waals surface area contributed by atoms with Gasteiger partial charge in [0.1, 0.15) is 17.5 Å². The van der Waals surface area contributed by atoms with Gasteiger partial charge in [-0.2, -0.15) is 4.98 Å². The van der Waals surface area contributed by atoms with Crippen molar-refractivity contribution in [1.82, 2.24) is 19.6 Å². The molecule has 0 saturated heterocycles. The van der Waals surface area contributed by atoms with E-state index in [9.17, 15) is 4.79 Å². The quantitative estimate of drug-likeness (QED) is 0.469. The largest absolute Gasteiger partial charge is 0.489 e. The third kappa shape index (κ3) is 3.97. The molecule has 150 valence electrons. The van der Waals surface area contributed by atoms with Crippen LogP contribution in [0.25, 0.3) is 16.8 Å². The first-order chi connectivity index (χ1) is 14.7. The fourth-order valence-electron chi connectivity index (χ4n) is 3.13. The third-order valence-corrected chi connectivity index (χ3v) is 5.13. The molecule has 0 spiro atoms. The number of pyridine rings is 2. The van der Waals surface area contributed by atoms with Gasteiger partial charge in [-0.1, -0.05) is 29.8 Å². The molecule has 0 unspecified atom stereocenters. The molecule has 3 heterocycles. The molecule has 1 aliphatic carbocycles. The predicted octanol–water partition coefficient (Wildman–Crippen LogP) is 4.37. The van der Waals surface area contributed by atoms with Gasteiger partial charge in [0.25, 0.3) is 0 Å². The van der Waals surface area contributed by atoms with E-state index in [0.29, 0.717) is 23.4 Å². The van der Waals surface area contributed by atoms with E-state index in [4.69, 9.17) is 16.3 Å². The number of nitrogens with one attached hydrogen (secondary N) is 1. The van der Waals surface area contributed by atoms with E-state index in [1.165, 1.54) is 0 Å². The maximum Gasteiger partial charge on any atom is 0.249 e. The number of carbonyl (C=O) groups is 1. The van der Waals surface area contributed by atoms with Crippen molar-refractivity contribution in [2.45, 2.75) is 19.4 Å². The number of carbonyl (C=O) groups excluding carboxylic acids is 1. The normalized spacial score (nSPS) is 13.4. The van der Waals surface area contributed by atoms with Gasteiger partial charge in [-0.25, -0.2) is 9.50 Å². The summed E-state index contributed by atoms with van der Waals surface area (Å²) in [6.45, 7) is 0.410. The number of nitrogens with zero attached hydrogens (tertiary/aromatic N) is 4. The Hall–Kier alpha value is -3.45. The smallest absolute Gasteiger partial charge is 0.249 e. The number of hydrogen-bond acceptors (Lipinski definition) is 5. The molecular weight excluding hydrogens is 402 g/mol. The van der Waals surface area contributed by atoms with E-state index in [1.807, 2.05) is 48.7 Å². The molecule has 1 saturated carbocycles. The standard InChI is InChI=1S/C22H18ClN5O2/c23-19-10-3-14(12-24-19)13-30-17-8-6-15(7-9-17)18-2-1-11-28-20(18)25-22(27-28)26-21(29)16-4-5-16/h1-3,6-12,16H,4-5,13H2,(H,26,27,29). The van der Waals surface area contributed by atoms with Gasteiger partial charge in [0.2, 0.25) is 11.9 Å². The number of rotatable bonds is 6. The highest BCUT2D eigenvalue weighted by Gasteiger charge is 2.30. The predicted molar refractivity (Wildman–Crippen MR) is 113 cm³/mol. The van der Waals surface area contributed by atoms with E-state index in [2.05, 4.69) is 20.4 Å². The van der Waals surface area contributed by atoms with Gasteiger partial charge in [-0.15, -0.1) is 5.10 Å². The topological polar surface area (TPSA) is 81.4 Å². The molecule has 1 amide bonds. The Bertz CT molecular complexity index is 1200. The van der Waals surface area contributed by atoms with Gasteiger partial charge in [0.05, 0.1) is 0 Å². The Morgan fingerprint density at radius 1 is 1.17 bits per heavy atom. The molecule has 0 radical (unpaired) electrons. The number of fused-ring (bicyclic) bond motifs is 1. The van der Waals surface area contributed by atoms with E-state index in [0.717, 1.165) is 35.3 Å². The maximum atomic E-state index is 12.0. The molecule has 3 aromatic heterocycles. The van der Waals surface area contributed by atoms with Gasteiger partial charge >= 0.3 is 0 Å². The van der Waals surface area contributed by atoms with Crippen LogP contribution in [0.4, 0.5) is 5.95 Å². The molecule has 30 heavy (non-hydrogen) atoms. The van der Waals surface area contributed by atoms with Gasteiger partial charge in [0.15, 0.2) is 5.65 Å². The number of halogens is 1. The number of amides is 1. The van der Waals surface area contributed by atoms with Crippen LogP contribution in [-0.2, 0) is 11.4 Å². The lowest BCUT2D eigenvalue weighted by Crippen LogP contribution is -2.14. The monoisotopic (exact) mass is 419 g/mol. The van der Waals surface area contributed by atoms with Gasteiger partial charge in [-0.05, 0) is 48.7 Å². The van der Waals surface area contributed by atoms with Crippen LogP contribution in [0.1, 0.15) is 18.4 Å². The zero-order valence-electron chi connectivity index (χ0n) is 16.0. The van der Waals surface area contributed by atoms with Gasteiger partial charge in [0, 0.05) is 29.4 Å². The van der Waals surface area contributed by atoms with Crippen molar-refractivity contribution < 1.29 is 9.53 Å². The summed E-state index contributed by atoms with van der Waals surface area (Å²) >= 11 is 5.80. The Morgan fingerprint density at radius 2 is 2.00 bits per heavy atom. The summed E-state index contributed by atoms with van der Waals surface area (Å²) in [6, 6.07) is 15.3. The summed E-state index contributed by atoms with van der Waals surface area (Å²) in [4.78, 5) is 20.6. The highest BCUT2D eigenvalue weighted by molar-refractivity contribution is 6.29. The average molecular weight is 420 g/mol.